The molecule has 8 heteroatoms. The van der Waals surface area contributed by atoms with E-state index in [-0.39, 0.29) is 36.2 Å². The summed E-state index contributed by atoms with van der Waals surface area (Å²) in [4.78, 5) is 37.1. The van der Waals surface area contributed by atoms with Crippen molar-refractivity contribution in [1.29, 1.82) is 0 Å². The number of carbonyl (C=O) groups is 3. The van der Waals surface area contributed by atoms with Crippen molar-refractivity contribution in [2.75, 3.05) is 41.0 Å². The Hall–Kier alpha value is -2.97. The van der Waals surface area contributed by atoms with E-state index in [0.717, 1.165) is 70.6 Å². The summed E-state index contributed by atoms with van der Waals surface area (Å²) in [5, 5.41) is 9.65. The fourth-order valence-electron chi connectivity index (χ4n) is 7.21. The summed E-state index contributed by atoms with van der Waals surface area (Å²) in [6.45, 7) is 4.68. The Morgan fingerprint density at radius 1 is 0.500 bits per heavy atom. The Balaban J connectivity index is 4.29. The number of carboxylic acids is 1. The fourth-order valence-corrected chi connectivity index (χ4v) is 7.21. The summed E-state index contributed by atoms with van der Waals surface area (Å²) in [5.41, 5.74) is 0. The number of nitrogens with zero attached hydrogens (tertiary/aromatic N) is 1. The number of rotatable bonds is 45. The number of carbonyl (C=O) groups excluding carboxylic acids is 2. The van der Waals surface area contributed by atoms with Crippen molar-refractivity contribution >= 4 is 17.9 Å². The second-order valence-electron chi connectivity index (χ2n) is 18.1. The van der Waals surface area contributed by atoms with Crippen LogP contribution in [-0.4, -0.2) is 80.6 Å². The van der Waals surface area contributed by atoms with E-state index in [4.69, 9.17) is 14.2 Å². The number of ether oxygens (including phenoxy) is 3. The molecule has 0 aliphatic carbocycles. The van der Waals surface area contributed by atoms with Crippen LogP contribution in [0.1, 0.15) is 213 Å². The number of quaternary nitrogens is 1. The molecule has 0 saturated heterocycles. The van der Waals surface area contributed by atoms with Gasteiger partial charge in [0.15, 0.2) is 12.1 Å². The van der Waals surface area contributed by atoms with Gasteiger partial charge in [0, 0.05) is 19.3 Å². The standard InChI is InChI=1S/C54H95NO7/c1-6-8-10-12-14-16-18-20-22-24-25-26-27-28-29-31-32-34-36-38-40-42-44-52(56)61-49-50(48-60-47-46-51(54(58)59)55(3,4)5)62-53(57)45-43-41-39-37-35-33-30-23-21-19-17-15-13-11-9-7-2/h14,16,20,22-23,25-26,30,33,35,50-51H,6-13,15,17-19,21,24,27-29,31-32,34,36-49H2,1-5H3/p+1/b16-14+,22-20+,26-25+,30-23+,35-33+. The van der Waals surface area contributed by atoms with Gasteiger partial charge in [-0.1, -0.05) is 177 Å². The lowest BCUT2D eigenvalue weighted by Gasteiger charge is -2.31. The Morgan fingerprint density at radius 3 is 1.40 bits per heavy atom. The number of allylic oxidation sites excluding steroid dienone is 10. The van der Waals surface area contributed by atoms with Gasteiger partial charge in [0.1, 0.15) is 6.61 Å². The highest BCUT2D eigenvalue weighted by Crippen LogP contribution is 2.14. The molecule has 0 aromatic heterocycles. The maximum atomic E-state index is 12.8. The summed E-state index contributed by atoms with van der Waals surface area (Å²) in [7, 11) is 5.52. The summed E-state index contributed by atoms with van der Waals surface area (Å²) in [6, 6.07) is -0.622. The first-order valence-electron chi connectivity index (χ1n) is 25.3. The van der Waals surface area contributed by atoms with Crippen molar-refractivity contribution in [3.63, 3.8) is 0 Å². The predicted octanol–water partition coefficient (Wildman–Crippen LogP) is 14.5. The van der Waals surface area contributed by atoms with Gasteiger partial charge in [-0.15, -0.1) is 0 Å². The van der Waals surface area contributed by atoms with Crippen LogP contribution >= 0.6 is 0 Å². The molecule has 0 fully saturated rings. The minimum absolute atomic E-state index is 0.0473. The smallest absolute Gasteiger partial charge is 0.362 e. The molecule has 1 N–H and O–H groups in total. The zero-order valence-corrected chi connectivity index (χ0v) is 40.8. The first-order valence-corrected chi connectivity index (χ1v) is 25.3. The molecule has 0 aliphatic heterocycles. The van der Waals surface area contributed by atoms with Crippen LogP contribution in [0, 0.1) is 0 Å². The summed E-state index contributed by atoms with van der Waals surface area (Å²) < 4.78 is 17.3. The minimum atomic E-state index is -0.881. The second kappa shape index (κ2) is 44.6. The van der Waals surface area contributed by atoms with Gasteiger partial charge in [-0.25, -0.2) is 4.79 Å². The van der Waals surface area contributed by atoms with Crippen molar-refractivity contribution in [1.82, 2.24) is 0 Å². The molecule has 62 heavy (non-hydrogen) atoms. The van der Waals surface area contributed by atoms with Crippen LogP contribution in [0.5, 0.6) is 0 Å². The number of hydrogen-bond donors (Lipinski definition) is 1. The molecule has 0 aromatic carbocycles. The Labute approximate surface area is 381 Å². The lowest BCUT2D eigenvalue weighted by Crippen LogP contribution is -2.50. The third-order valence-corrected chi connectivity index (χ3v) is 11.2. The van der Waals surface area contributed by atoms with Crippen LogP contribution in [0.2, 0.25) is 0 Å². The number of likely N-dealkylation sites (N-methyl/N-ethyl adjacent to an activating group) is 1. The molecule has 0 heterocycles. The molecular weight excluding hydrogens is 775 g/mol. The lowest BCUT2D eigenvalue weighted by molar-refractivity contribution is -0.887. The van der Waals surface area contributed by atoms with Gasteiger partial charge >= 0.3 is 17.9 Å². The zero-order valence-electron chi connectivity index (χ0n) is 40.8. The molecule has 0 aromatic rings. The highest BCUT2D eigenvalue weighted by Gasteiger charge is 2.31. The largest absolute Gasteiger partial charge is 0.477 e. The summed E-state index contributed by atoms with van der Waals surface area (Å²) in [6.07, 6.45) is 55.5. The molecular formula is C54H96NO7+. The Bertz CT molecular complexity index is 1200. The first-order chi connectivity index (χ1) is 30.1. The van der Waals surface area contributed by atoms with Crippen LogP contribution in [0.15, 0.2) is 60.8 Å². The summed E-state index contributed by atoms with van der Waals surface area (Å²) in [5.74, 6) is -1.51. The topological polar surface area (TPSA) is 99.1 Å². The van der Waals surface area contributed by atoms with Crippen molar-refractivity contribution < 1.29 is 38.2 Å². The predicted molar refractivity (Wildman–Crippen MR) is 261 cm³/mol. The molecule has 0 radical (unpaired) electrons. The number of esters is 2. The van der Waals surface area contributed by atoms with E-state index in [9.17, 15) is 19.5 Å². The second-order valence-corrected chi connectivity index (χ2v) is 18.1. The molecule has 2 unspecified atom stereocenters. The van der Waals surface area contributed by atoms with Crippen LogP contribution in [-0.2, 0) is 28.6 Å². The molecule has 0 saturated carbocycles. The number of aliphatic carboxylic acids is 1. The highest BCUT2D eigenvalue weighted by atomic mass is 16.6. The highest BCUT2D eigenvalue weighted by molar-refractivity contribution is 5.72. The maximum absolute atomic E-state index is 12.8. The van der Waals surface area contributed by atoms with Crippen molar-refractivity contribution in [2.24, 2.45) is 0 Å². The van der Waals surface area contributed by atoms with E-state index in [1.165, 1.54) is 109 Å². The van der Waals surface area contributed by atoms with Crippen molar-refractivity contribution in [2.45, 2.75) is 225 Å². The van der Waals surface area contributed by atoms with Crippen LogP contribution < -0.4 is 0 Å². The Morgan fingerprint density at radius 2 is 0.903 bits per heavy atom. The normalized spacial score (nSPS) is 13.4. The van der Waals surface area contributed by atoms with E-state index in [1.54, 1.807) is 0 Å². The maximum Gasteiger partial charge on any atom is 0.362 e. The molecule has 0 amide bonds. The van der Waals surface area contributed by atoms with E-state index in [0.29, 0.717) is 19.3 Å². The number of carboxylic acid groups (broad SMARTS) is 1. The van der Waals surface area contributed by atoms with Crippen LogP contribution in [0.4, 0.5) is 0 Å². The monoisotopic (exact) mass is 871 g/mol. The third kappa shape index (κ3) is 42.3. The number of hydrogen-bond acceptors (Lipinski definition) is 6. The average molecular weight is 871 g/mol. The quantitative estimate of drug-likeness (QED) is 0.0214. The van der Waals surface area contributed by atoms with Crippen LogP contribution in [0.25, 0.3) is 0 Å². The SMILES string of the molecule is CCCCC/C=C/C/C=C/C/C=C/CCCCCCCCCCCC(=O)OCC(COCCC(C(=O)O)[N+](C)(C)C)OC(=O)CCCCC/C=C/C=C/CCCCCCCCC. The van der Waals surface area contributed by atoms with Gasteiger partial charge in [0.05, 0.1) is 34.4 Å². The van der Waals surface area contributed by atoms with Crippen LogP contribution in [0.3, 0.4) is 0 Å². The fraction of sp³-hybridized carbons (Fsp3) is 0.759. The minimum Gasteiger partial charge on any atom is -0.477 e. The molecule has 0 bridgehead atoms. The molecule has 0 aliphatic rings. The van der Waals surface area contributed by atoms with E-state index in [1.807, 2.05) is 21.1 Å². The van der Waals surface area contributed by atoms with Gasteiger partial charge in [-0.3, -0.25) is 9.59 Å². The first kappa shape index (κ1) is 59.0. The summed E-state index contributed by atoms with van der Waals surface area (Å²) >= 11 is 0. The Kier molecular flexibility index (Phi) is 42.5. The van der Waals surface area contributed by atoms with Gasteiger partial charge in [-0.2, -0.15) is 0 Å². The van der Waals surface area contributed by atoms with E-state index < -0.39 is 18.1 Å². The average Bonchev–Trinajstić information content (AvgIpc) is 3.23. The van der Waals surface area contributed by atoms with Gasteiger partial charge in [-0.05, 0) is 77.0 Å². The molecule has 0 spiro atoms. The van der Waals surface area contributed by atoms with E-state index >= 15 is 0 Å². The van der Waals surface area contributed by atoms with Gasteiger partial charge in [0.25, 0.3) is 0 Å². The van der Waals surface area contributed by atoms with Crippen molar-refractivity contribution in [3.8, 4) is 0 Å². The van der Waals surface area contributed by atoms with E-state index in [2.05, 4.69) is 74.6 Å². The molecule has 8 nitrogen and oxygen atoms in total. The molecule has 358 valence electrons. The van der Waals surface area contributed by atoms with Crippen molar-refractivity contribution in [3.05, 3.63) is 60.8 Å². The number of unbranched alkanes of at least 4 members (excludes halogenated alkanes) is 22. The van der Waals surface area contributed by atoms with Gasteiger partial charge < -0.3 is 23.8 Å². The third-order valence-electron chi connectivity index (χ3n) is 11.2. The lowest BCUT2D eigenvalue weighted by atomic mass is 10.1. The zero-order chi connectivity index (χ0) is 45.6. The molecule has 0 rings (SSSR count). The van der Waals surface area contributed by atoms with Gasteiger partial charge in [0.2, 0.25) is 0 Å². The molecule has 2 atom stereocenters.